The molecular formula is C15H21ClN2O3. The van der Waals surface area contributed by atoms with Crippen molar-refractivity contribution in [2.75, 3.05) is 39.9 Å². The second-order valence-electron chi connectivity index (χ2n) is 5.28. The number of nitrogens with one attached hydrogen (secondary N) is 1. The zero-order valence-electron chi connectivity index (χ0n) is 12.1. The summed E-state index contributed by atoms with van der Waals surface area (Å²) in [4.78, 5) is 14.2. The summed E-state index contributed by atoms with van der Waals surface area (Å²) in [6.07, 6.45) is -0.0594. The third-order valence-corrected chi connectivity index (χ3v) is 3.97. The zero-order chi connectivity index (χ0) is 13.9. The number of methoxy groups -OCH3 is 1. The van der Waals surface area contributed by atoms with Gasteiger partial charge in [-0.15, -0.1) is 12.4 Å². The van der Waals surface area contributed by atoms with Gasteiger partial charge in [0, 0.05) is 19.6 Å². The van der Waals surface area contributed by atoms with E-state index in [1.54, 1.807) is 7.11 Å². The monoisotopic (exact) mass is 312 g/mol. The normalized spacial score (nSPS) is 22.1. The fraction of sp³-hybridized carbons (Fsp3) is 0.533. The van der Waals surface area contributed by atoms with E-state index in [2.05, 4.69) is 5.32 Å². The predicted molar refractivity (Wildman–Crippen MR) is 81.9 cm³/mol. The molecule has 2 aliphatic heterocycles. The molecule has 1 aromatic carbocycles. The van der Waals surface area contributed by atoms with Crippen molar-refractivity contribution < 1.29 is 14.3 Å². The number of hydrogen-bond donors (Lipinski definition) is 1. The molecule has 0 spiro atoms. The molecule has 2 fully saturated rings. The molecule has 2 aliphatic rings. The highest BCUT2D eigenvalue weighted by molar-refractivity contribution is 5.85. The van der Waals surface area contributed by atoms with Gasteiger partial charge in [-0.25, -0.2) is 0 Å². The molecule has 3 rings (SSSR count). The number of morpholine rings is 1. The number of amides is 1. The summed E-state index contributed by atoms with van der Waals surface area (Å²) >= 11 is 0. The van der Waals surface area contributed by atoms with Gasteiger partial charge in [-0.1, -0.05) is 12.1 Å². The first-order chi connectivity index (χ1) is 9.78. The Kier molecular flexibility index (Phi) is 5.45. The van der Waals surface area contributed by atoms with Crippen molar-refractivity contribution in [2.24, 2.45) is 5.92 Å². The Morgan fingerprint density at radius 2 is 2.24 bits per heavy atom. The second kappa shape index (κ2) is 7.11. The maximum Gasteiger partial charge on any atom is 0.228 e. The Morgan fingerprint density at radius 3 is 2.90 bits per heavy atom. The molecule has 2 saturated heterocycles. The minimum Gasteiger partial charge on any atom is -0.497 e. The van der Waals surface area contributed by atoms with Gasteiger partial charge in [0.15, 0.2) is 0 Å². The summed E-state index contributed by atoms with van der Waals surface area (Å²) in [6.45, 7) is 3.52. The lowest BCUT2D eigenvalue weighted by molar-refractivity contribution is -0.144. The molecule has 0 aliphatic carbocycles. The van der Waals surface area contributed by atoms with Gasteiger partial charge < -0.3 is 19.7 Å². The van der Waals surface area contributed by atoms with Gasteiger partial charge in [-0.05, 0) is 17.7 Å². The minimum absolute atomic E-state index is 0. The van der Waals surface area contributed by atoms with Crippen molar-refractivity contribution in [3.8, 4) is 5.75 Å². The molecule has 1 unspecified atom stereocenters. The van der Waals surface area contributed by atoms with E-state index >= 15 is 0 Å². The highest BCUT2D eigenvalue weighted by Gasteiger charge is 2.32. The number of carbonyl (C=O) groups excluding carboxylic acids is 1. The molecule has 0 radical (unpaired) electrons. The summed E-state index contributed by atoms with van der Waals surface area (Å²) in [7, 11) is 1.65. The summed E-state index contributed by atoms with van der Waals surface area (Å²) in [6, 6.07) is 7.86. The van der Waals surface area contributed by atoms with Crippen molar-refractivity contribution in [1.82, 2.24) is 10.2 Å². The van der Waals surface area contributed by atoms with Crippen LogP contribution in [0.1, 0.15) is 11.7 Å². The minimum atomic E-state index is -0.0594. The molecule has 1 N–H and O–H groups in total. The first-order valence-corrected chi connectivity index (χ1v) is 7.03. The smallest absolute Gasteiger partial charge is 0.228 e. The zero-order valence-corrected chi connectivity index (χ0v) is 12.9. The van der Waals surface area contributed by atoms with Gasteiger partial charge >= 0.3 is 0 Å². The van der Waals surface area contributed by atoms with Gasteiger partial charge in [0.2, 0.25) is 5.91 Å². The van der Waals surface area contributed by atoms with E-state index in [1.165, 1.54) is 0 Å². The van der Waals surface area contributed by atoms with E-state index in [-0.39, 0.29) is 30.3 Å². The number of halogens is 1. The van der Waals surface area contributed by atoms with Crippen molar-refractivity contribution >= 4 is 18.3 Å². The second-order valence-corrected chi connectivity index (χ2v) is 5.28. The fourth-order valence-electron chi connectivity index (χ4n) is 2.61. The molecule has 116 valence electrons. The lowest BCUT2D eigenvalue weighted by atomic mass is 10.0. The molecule has 21 heavy (non-hydrogen) atoms. The van der Waals surface area contributed by atoms with Crippen LogP contribution in [0.2, 0.25) is 0 Å². The van der Waals surface area contributed by atoms with E-state index in [1.807, 2.05) is 29.2 Å². The van der Waals surface area contributed by atoms with Crippen LogP contribution in [-0.2, 0) is 9.53 Å². The Labute approximate surface area is 131 Å². The van der Waals surface area contributed by atoms with Crippen LogP contribution in [0.25, 0.3) is 0 Å². The number of carbonyl (C=O) groups is 1. The Morgan fingerprint density at radius 1 is 1.43 bits per heavy atom. The lowest BCUT2D eigenvalue weighted by Gasteiger charge is -2.37. The van der Waals surface area contributed by atoms with Crippen molar-refractivity contribution in [2.45, 2.75) is 6.10 Å². The van der Waals surface area contributed by atoms with Crippen LogP contribution in [0.3, 0.4) is 0 Å². The SMILES string of the molecule is COc1cccc(C2CN(C(=O)C3CNC3)CCO2)c1.Cl. The molecular weight excluding hydrogens is 292 g/mol. The van der Waals surface area contributed by atoms with Gasteiger partial charge in [0.1, 0.15) is 11.9 Å². The molecule has 0 saturated carbocycles. The van der Waals surface area contributed by atoms with E-state index < -0.39 is 0 Å². The van der Waals surface area contributed by atoms with Gasteiger partial charge in [0.25, 0.3) is 0 Å². The Hall–Kier alpha value is -1.30. The summed E-state index contributed by atoms with van der Waals surface area (Å²) in [5.41, 5.74) is 1.06. The van der Waals surface area contributed by atoms with Crippen LogP contribution in [0.15, 0.2) is 24.3 Å². The molecule has 0 aromatic heterocycles. The third kappa shape index (κ3) is 3.48. The quantitative estimate of drug-likeness (QED) is 0.912. The molecule has 5 nitrogen and oxygen atoms in total. The fourth-order valence-corrected chi connectivity index (χ4v) is 2.61. The van der Waals surface area contributed by atoms with Crippen LogP contribution in [0, 0.1) is 5.92 Å². The largest absolute Gasteiger partial charge is 0.497 e. The van der Waals surface area contributed by atoms with Crippen LogP contribution in [0.4, 0.5) is 0 Å². The van der Waals surface area contributed by atoms with Crippen LogP contribution < -0.4 is 10.1 Å². The average Bonchev–Trinajstić information content (AvgIpc) is 2.45. The maximum atomic E-state index is 12.3. The van der Waals surface area contributed by atoms with E-state index in [9.17, 15) is 4.79 Å². The molecule has 2 heterocycles. The van der Waals surface area contributed by atoms with E-state index in [4.69, 9.17) is 9.47 Å². The van der Waals surface area contributed by atoms with Crippen molar-refractivity contribution in [3.63, 3.8) is 0 Å². The first kappa shape index (κ1) is 16.1. The molecule has 6 heteroatoms. The summed E-state index contributed by atoms with van der Waals surface area (Å²) in [5, 5.41) is 3.14. The summed E-state index contributed by atoms with van der Waals surface area (Å²) in [5.74, 6) is 1.22. The van der Waals surface area contributed by atoms with Gasteiger partial charge in [0.05, 0.1) is 26.2 Å². The van der Waals surface area contributed by atoms with Crippen LogP contribution in [0.5, 0.6) is 5.75 Å². The molecule has 1 amide bonds. The number of hydrogen-bond acceptors (Lipinski definition) is 4. The predicted octanol–water partition coefficient (Wildman–Crippen LogP) is 1.24. The number of rotatable bonds is 3. The number of nitrogens with zero attached hydrogens (tertiary/aromatic N) is 1. The van der Waals surface area contributed by atoms with Crippen LogP contribution >= 0.6 is 12.4 Å². The van der Waals surface area contributed by atoms with E-state index in [0.29, 0.717) is 19.7 Å². The molecule has 1 aromatic rings. The Bertz CT molecular complexity index is 494. The van der Waals surface area contributed by atoms with Crippen molar-refractivity contribution in [3.05, 3.63) is 29.8 Å². The standard InChI is InChI=1S/C15H20N2O3.ClH/c1-19-13-4-2-3-11(7-13)14-10-17(5-6-20-14)15(18)12-8-16-9-12;/h2-4,7,12,14,16H,5-6,8-10H2,1H3;1H. The maximum absolute atomic E-state index is 12.3. The van der Waals surface area contributed by atoms with Crippen molar-refractivity contribution in [1.29, 1.82) is 0 Å². The number of ether oxygens (including phenoxy) is 2. The summed E-state index contributed by atoms with van der Waals surface area (Å²) < 4.78 is 11.1. The average molecular weight is 313 g/mol. The highest BCUT2D eigenvalue weighted by Crippen LogP contribution is 2.26. The third-order valence-electron chi connectivity index (χ3n) is 3.97. The molecule has 1 atom stereocenters. The Balaban J connectivity index is 0.00000161. The van der Waals surface area contributed by atoms with E-state index in [0.717, 1.165) is 24.4 Å². The van der Waals surface area contributed by atoms with Gasteiger partial charge in [-0.3, -0.25) is 4.79 Å². The van der Waals surface area contributed by atoms with Gasteiger partial charge in [-0.2, -0.15) is 0 Å². The topological polar surface area (TPSA) is 50.8 Å². The highest BCUT2D eigenvalue weighted by atomic mass is 35.5. The lowest BCUT2D eigenvalue weighted by Crippen LogP contribution is -2.54. The number of benzene rings is 1. The first-order valence-electron chi connectivity index (χ1n) is 7.03. The van der Waals surface area contributed by atoms with Crippen LogP contribution in [-0.4, -0.2) is 50.7 Å². The molecule has 0 bridgehead atoms.